The van der Waals surface area contributed by atoms with E-state index < -0.39 is 7.12 Å². The molecule has 0 radical (unpaired) electrons. The standard InChI is InChI=1S/C7H10BNO3/c1-12-7-3-2-5(9)4-6(7)8(10)11/h2-4,10-11H,9H2,1H3. The van der Waals surface area contributed by atoms with E-state index in [1.165, 1.54) is 13.2 Å². The van der Waals surface area contributed by atoms with E-state index in [1.807, 2.05) is 0 Å². The number of nitrogen functional groups attached to an aromatic ring is 1. The van der Waals surface area contributed by atoms with Gasteiger partial charge in [0, 0.05) is 11.2 Å². The first-order valence-corrected chi connectivity index (χ1v) is 3.44. The number of rotatable bonds is 2. The van der Waals surface area contributed by atoms with Crippen molar-refractivity contribution in [1.82, 2.24) is 0 Å². The van der Waals surface area contributed by atoms with Gasteiger partial charge in [-0.05, 0) is 18.2 Å². The third kappa shape index (κ3) is 1.69. The molecule has 4 nitrogen and oxygen atoms in total. The monoisotopic (exact) mass is 167 g/mol. The Morgan fingerprint density at radius 1 is 1.42 bits per heavy atom. The van der Waals surface area contributed by atoms with Crippen LogP contribution in [0.5, 0.6) is 5.75 Å². The van der Waals surface area contributed by atoms with Crippen LogP contribution in [0.25, 0.3) is 0 Å². The van der Waals surface area contributed by atoms with Gasteiger partial charge in [0.25, 0.3) is 0 Å². The van der Waals surface area contributed by atoms with Gasteiger partial charge in [-0.15, -0.1) is 0 Å². The number of ether oxygens (including phenoxy) is 1. The molecule has 1 aromatic rings. The third-order valence-corrected chi connectivity index (χ3v) is 1.53. The van der Waals surface area contributed by atoms with Crippen LogP contribution in [-0.2, 0) is 0 Å². The molecule has 0 atom stereocenters. The first-order chi connectivity index (χ1) is 5.65. The zero-order valence-corrected chi connectivity index (χ0v) is 6.69. The van der Waals surface area contributed by atoms with Gasteiger partial charge in [0.15, 0.2) is 0 Å². The van der Waals surface area contributed by atoms with Crippen molar-refractivity contribution in [3.63, 3.8) is 0 Å². The van der Waals surface area contributed by atoms with E-state index in [-0.39, 0.29) is 5.46 Å². The summed E-state index contributed by atoms with van der Waals surface area (Å²) in [6.45, 7) is 0. The third-order valence-electron chi connectivity index (χ3n) is 1.53. The molecule has 4 N–H and O–H groups in total. The molecule has 0 aliphatic carbocycles. The number of nitrogens with two attached hydrogens (primary N) is 1. The number of anilines is 1. The van der Waals surface area contributed by atoms with Gasteiger partial charge in [-0.1, -0.05) is 0 Å². The Morgan fingerprint density at radius 3 is 2.58 bits per heavy atom. The molecule has 64 valence electrons. The average molecular weight is 167 g/mol. The molecule has 0 bridgehead atoms. The Hall–Kier alpha value is -1.20. The topological polar surface area (TPSA) is 75.7 Å². The highest BCUT2D eigenvalue weighted by atomic mass is 16.5. The highest BCUT2D eigenvalue weighted by Gasteiger charge is 2.16. The molecule has 5 heteroatoms. The van der Waals surface area contributed by atoms with E-state index >= 15 is 0 Å². The molecule has 0 unspecified atom stereocenters. The normalized spacial score (nSPS) is 9.58. The minimum atomic E-state index is -1.55. The lowest BCUT2D eigenvalue weighted by Gasteiger charge is -2.07. The molecular weight excluding hydrogens is 157 g/mol. The molecule has 0 aliphatic heterocycles. The first-order valence-electron chi connectivity index (χ1n) is 3.44. The molecular formula is C7H10BNO3. The summed E-state index contributed by atoms with van der Waals surface area (Å²) in [5.74, 6) is 0.416. The maximum absolute atomic E-state index is 8.88. The van der Waals surface area contributed by atoms with E-state index in [9.17, 15) is 0 Å². The van der Waals surface area contributed by atoms with Crippen molar-refractivity contribution in [2.45, 2.75) is 0 Å². The predicted molar refractivity (Wildman–Crippen MR) is 47.2 cm³/mol. The van der Waals surface area contributed by atoms with Crippen LogP contribution in [0.4, 0.5) is 5.69 Å². The smallest absolute Gasteiger partial charge is 0.492 e. The van der Waals surface area contributed by atoms with Gasteiger partial charge in [0.1, 0.15) is 5.75 Å². The van der Waals surface area contributed by atoms with Crippen LogP contribution >= 0.6 is 0 Å². The molecule has 1 rings (SSSR count). The number of methoxy groups -OCH3 is 1. The van der Waals surface area contributed by atoms with Gasteiger partial charge in [0.05, 0.1) is 7.11 Å². The summed E-state index contributed by atoms with van der Waals surface area (Å²) in [7, 11) is -0.0966. The van der Waals surface area contributed by atoms with Crippen molar-refractivity contribution in [2.24, 2.45) is 0 Å². The summed E-state index contributed by atoms with van der Waals surface area (Å²) in [5.41, 5.74) is 6.19. The fraction of sp³-hybridized carbons (Fsp3) is 0.143. The van der Waals surface area contributed by atoms with Crippen LogP contribution in [0.3, 0.4) is 0 Å². The van der Waals surface area contributed by atoms with Gasteiger partial charge in [-0.3, -0.25) is 0 Å². The lowest BCUT2D eigenvalue weighted by molar-refractivity contribution is 0.403. The maximum Gasteiger partial charge on any atom is 0.492 e. The van der Waals surface area contributed by atoms with Crippen molar-refractivity contribution in [3.05, 3.63) is 18.2 Å². The van der Waals surface area contributed by atoms with Crippen LogP contribution in [0.2, 0.25) is 0 Å². The molecule has 1 aromatic carbocycles. The number of hydrogen-bond donors (Lipinski definition) is 3. The van der Waals surface area contributed by atoms with Gasteiger partial charge in [-0.2, -0.15) is 0 Å². The lowest BCUT2D eigenvalue weighted by Crippen LogP contribution is -2.31. The molecule has 0 aliphatic rings. The van der Waals surface area contributed by atoms with Crippen LogP contribution < -0.4 is 15.9 Å². The SMILES string of the molecule is COc1ccc(N)cc1B(O)O. The van der Waals surface area contributed by atoms with Crippen LogP contribution in [0, 0.1) is 0 Å². The summed E-state index contributed by atoms with van der Waals surface area (Å²) in [5, 5.41) is 17.8. The summed E-state index contributed by atoms with van der Waals surface area (Å²) < 4.78 is 4.89. The van der Waals surface area contributed by atoms with Gasteiger partial charge >= 0.3 is 7.12 Å². The summed E-state index contributed by atoms with van der Waals surface area (Å²) in [6.07, 6.45) is 0. The molecule has 0 saturated carbocycles. The Kier molecular flexibility index (Phi) is 2.57. The quantitative estimate of drug-likeness (QED) is 0.388. The fourth-order valence-corrected chi connectivity index (χ4v) is 0.955. The van der Waals surface area contributed by atoms with E-state index in [2.05, 4.69) is 0 Å². The highest BCUT2D eigenvalue weighted by molar-refractivity contribution is 6.59. The lowest BCUT2D eigenvalue weighted by atomic mass is 9.79. The van der Waals surface area contributed by atoms with Gasteiger partial charge in [0.2, 0.25) is 0 Å². The molecule has 0 heterocycles. The van der Waals surface area contributed by atoms with E-state index in [0.29, 0.717) is 11.4 Å². The van der Waals surface area contributed by atoms with E-state index in [1.54, 1.807) is 12.1 Å². The molecule has 0 amide bonds. The van der Waals surface area contributed by atoms with E-state index in [0.717, 1.165) is 0 Å². The van der Waals surface area contributed by atoms with Crippen molar-refractivity contribution in [1.29, 1.82) is 0 Å². The van der Waals surface area contributed by atoms with Crippen molar-refractivity contribution in [3.8, 4) is 5.75 Å². The van der Waals surface area contributed by atoms with Crippen LogP contribution in [-0.4, -0.2) is 24.3 Å². The molecule has 0 spiro atoms. The van der Waals surface area contributed by atoms with Crippen molar-refractivity contribution in [2.75, 3.05) is 12.8 Å². The molecule has 0 fully saturated rings. The first kappa shape index (κ1) is 8.90. The molecule has 0 aromatic heterocycles. The molecule has 0 saturated heterocycles. The summed E-state index contributed by atoms with van der Waals surface area (Å²) in [6, 6.07) is 4.68. The zero-order valence-electron chi connectivity index (χ0n) is 6.69. The Bertz CT molecular complexity index is 277. The maximum atomic E-state index is 8.88. The average Bonchev–Trinajstić information content (AvgIpc) is 2.04. The predicted octanol–water partition coefficient (Wildman–Crippen LogP) is -1.04. The number of benzene rings is 1. The largest absolute Gasteiger partial charge is 0.497 e. The zero-order chi connectivity index (χ0) is 9.14. The second-order valence-electron chi connectivity index (χ2n) is 2.38. The van der Waals surface area contributed by atoms with Crippen LogP contribution in [0.15, 0.2) is 18.2 Å². The Balaban J connectivity index is 3.12. The van der Waals surface area contributed by atoms with Crippen molar-refractivity contribution < 1.29 is 14.8 Å². The minimum absolute atomic E-state index is 0.275. The van der Waals surface area contributed by atoms with E-state index in [4.69, 9.17) is 20.5 Å². The minimum Gasteiger partial charge on any atom is -0.497 e. The van der Waals surface area contributed by atoms with Gasteiger partial charge in [-0.25, -0.2) is 0 Å². The molecule has 12 heavy (non-hydrogen) atoms. The second-order valence-corrected chi connectivity index (χ2v) is 2.38. The van der Waals surface area contributed by atoms with Gasteiger partial charge < -0.3 is 20.5 Å². The summed E-state index contributed by atoms with van der Waals surface area (Å²) in [4.78, 5) is 0. The van der Waals surface area contributed by atoms with Crippen LogP contribution in [0.1, 0.15) is 0 Å². The highest BCUT2D eigenvalue weighted by Crippen LogP contribution is 2.10. The number of hydrogen-bond acceptors (Lipinski definition) is 4. The van der Waals surface area contributed by atoms with Crippen molar-refractivity contribution >= 4 is 18.3 Å². The summed E-state index contributed by atoms with van der Waals surface area (Å²) >= 11 is 0. The Labute approximate surface area is 70.7 Å². The second kappa shape index (κ2) is 3.47. The fourth-order valence-electron chi connectivity index (χ4n) is 0.955. The Morgan fingerprint density at radius 2 is 2.08 bits per heavy atom.